The molecule has 0 spiro atoms. The zero-order chi connectivity index (χ0) is 12.8. The van der Waals surface area contributed by atoms with Gasteiger partial charge in [0.1, 0.15) is 6.61 Å². The molecule has 0 rings (SSSR count). The van der Waals surface area contributed by atoms with Crippen molar-refractivity contribution in [2.45, 2.75) is 45.4 Å². The third-order valence-electron chi connectivity index (χ3n) is 2.52. The fourth-order valence-electron chi connectivity index (χ4n) is 1.49. The SMILES string of the molecule is CCCCCCCCNC(=O)COCCOC. The highest BCUT2D eigenvalue weighted by Crippen LogP contribution is 2.03. The van der Waals surface area contributed by atoms with Crippen molar-refractivity contribution in [3.05, 3.63) is 0 Å². The fourth-order valence-corrected chi connectivity index (χ4v) is 1.49. The molecule has 1 amide bonds. The van der Waals surface area contributed by atoms with Crippen molar-refractivity contribution in [2.24, 2.45) is 0 Å². The van der Waals surface area contributed by atoms with Crippen LogP contribution in [0.1, 0.15) is 45.4 Å². The Hall–Kier alpha value is -0.610. The average molecular weight is 245 g/mol. The molecule has 0 aromatic rings. The highest BCUT2D eigenvalue weighted by atomic mass is 16.5. The second-order valence-electron chi connectivity index (χ2n) is 4.16. The van der Waals surface area contributed by atoms with Crippen LogP contribution in [-0.4, -0.2) is 39.4 Å². The lowest BCUT2D eigenvalue weighted by Crippen LogP contribution is -2.29. The molecule has 0 aromatic heterocycles. The molecule has 0 heterocycles. The number of amides is 1. The van der Waals surface area contributed by atoms with E-state index in [1.165, 1.54) is 32.1 Å². The second-order valence-corrected chi connectivity index (χ2v) is 4.16. The molecule has 17 heavy (non-hydrogen) atoms. The number of rotatable bonds is 12. The van der Waals surface area contributed by atoms with E-state index in [-0.39, 0.29) is 12.5 Å². The first-order valence-corrected chi connectivity index (χ1v) is 6.64. The van der Waals surface area contributed by atoms with Gasteiger partial charge in [0.15, 0.2) is 0 Å². The third kappa shape index (κ3) is 13.3. The van der Waals surface area contributed by atoms with Gasteiger partial charge in [-0.15, -0.1) is 0 Å². The summed E-state index contributed by atoms with van der Waals surface area (Å²) >= 11 is 0. The van der Waals surface area contributed by atoms with E-state index in [0.29, 0.717) is 13.2 Å². The Kier molecular flexibility index (Phi) is 13.0. The Morgan fingerprint density at radius 1 is 1.06 bits per heavy atom. The van der Waals surface area contributed by atoms with Crippen LogP contribution in [0, 0.1) is 0 Å². The Morgan fingerprint density at radius 2 is 1.76 bits per heavy atom. The van der Waals surface area contributed by atoms with Crippen LogP contribution < -0.4 is 5.32 Å². The molecule has 102 valence electrons. The van der Waals surface area contributed by atoms with Crippen molar-refractivity contribution in [3.63, 3.8) is 0 Å². The maximum Gasteiger partial charge on any atom is 0.245 e. The summed E-state index contributed by atoms with van der Waals surface area (Å²) in [6, 6.07) is 0. The van der Waals surface area contributed by atoms with Crippen molar-refractivity contribution < 1.29 is 14.3 Å². The standard InChI is InChI=1S/C13H27NO3/c1-3-4-5-6-7-8-9-14-13(15)12-17-11-10-16-2/h3-12H2,1-2H3,(H,14,15). The molecular formula is C13H27NO3. The van der Waals surface area contributed by atoms with Crippen LogP contribution >= 0.6 is 0 Å². The molecule has 0 fully saturated rings. The van der Waals surface area contributed by atoms with Gasteiger partial charge < -0.3 is 14.8 Å². The highest BCUT2D eigenvalue weighted by Gasteiger charge is 1.99. The first-order valence-electron chi connectivity index (χ1n) is 6.64. The molecular weight excluding hydrogens is 218 g/mol. The molecule has 0 unspecified atom stereocenters. The minimum atomic E-state index is -0.0327. The number of hydrogen-bond donors (Lipinski definition) is 1. The van der Waals surface area contributed by atoms with Crippen molar-refractivity contribution in [3.8, 4) is 0 Å². The lowest BCUT2D eigenvalue weighted by molar-refractivity contribution is -0.126. The van der Waals surface area contributed by atoms with Crippen LogP contribution in [0.2, 0.25) is 0 Å². The largest absolute Gasteiger partial charge is 0.382 e. The molecule has 0 aromatic carbocycles. The van der Waals surface area contributed by atoms with E-state index in [1.807, 2.05) is 0 Å². The van der Waals surface area contributed by atoms with E-state index in [2.05, 4.69) is 12.2 Å². The van der Waals surface area contributed by atoms with Gasteiger partial charge in [0.2, 0.25) is 5.91 Å². The normalized spacial score (nSPS) is 10.5. The van der Waals surface area contributed by atoms with Gasteiger partial charge in [-0.05, 0) is 6.42 Å². The topological polar surface area (TPSA) is 47.6 Å². The van der Waals surface area contributed by atoms with Gasteiger partial charge in [-0.25, -0.2) is 0 Å². The molecule has 0 saturated carbocycles. The van der Waals surface area contributed by atoms with Crippen molar-refractivity contribution in [1.29, 1.82) is 0 Å². The lowest BCUT2D eigenvalue weighted by atomic mass is 10.1. The lowest BCUT2D eigenvalue weighted by Gasteiger charge is -2.06. The van der Waals surface area contributed by atoms with Gasteiger partial charge in [0.25, 0.3) is 0 Å². The first-order chi connectivity index (χ1) is 8.31. The minimum Gasteiger partial charge on any atom is -0.382 e. The molecule has 0 radical (unpaired) electrons. The monoisotopic (exact) mass is 245 g/mol. The summed E-state index contributed by atoms with van der Waals surface area (Å²) in [5, 5.41) is 2.85. The predicted molar refractivity (Wildman–Crippen MR) is 69.1 cm³/mol. The second kappa shape index (κ2) is 13.5. The summed E-state index contributed by atoms with van der Waals surface area (Å²) in [6.45, 7) is 4.12. The van der Waals surface area contributed by atoms with Crippen molar-refractivity contribution >= 4 is 5.91 Å². The van der Waals surface area contributed by atoms with Gasteiger partial charge >= 0.3 is 0 Å². The van der Waals surface area contributed by atoms with Crippen LogP contribution in [-0.2, 0) is 14.3 Å². The number of ether oxygens (including phenoxy) is 2. The maximum atomic E-state index is 11.3. The Labute approximate surface area is 105 Å². The van der Waals surface area contributed by atoms with E-state index in [0.717, 1.165) is 13.0 Å². The Morgan fingerprint density at radius 3 is 2.47 bits per heavy atom. The highest BCUT2D eigenvalue weighted by molar-refractivity contribution is 5.77. The molecule has 1 N–H and O–H groups in total. The number of methoxy groups -OCH3 is 1. The quantitative estimate of drug-likeness (QED) is 0.536. The summed E-state index contributed by atoms with van der Waals surface area (Å²) in [6.07, 6.45) is 7.44. The predicted octanol–water partition coefficient (Wildman–Crippen LogP) is 2.13. The maximum absolute atomic E-state index is 11.3. The summed E-state index contributed by atoms with van der Waals surface area (Å²) in [7, 11) is 1.61. The molecule has 0 atom stereocenters. The fraction of sp³-hybridized carbons (Fsp3) is 0.923. The number of unbranched alkanes of at least 4 members (excludes halogenated alkanes) is 5. The molecule has 0 aliphatic rings. The van der Waals surface area contributed by atoms with Crippen LogP contribution in [0.15, 0.2) is 0 Å². The number of carbonyl (C=O) groups excluding carboxylic acids is 1. The van der Waals surface area contributed by atoms with Crippen LogP contribution in [0.3, 0.4) is 0 Å². The summed E-state index contributed by atoms with van der Waals surface area (Å²) in [4.78, 5) is 11.3. The van der Waals surface area contributed by atoms with E-state index in [4.69, 9.17) is 9.47 Å². The molecule has 0 aliphatic carbocycles. The van der Waals surface area contributed by atoms with Gasteiger partial charge in [-0.3, -0.25) is 4.79 Å². The molecule has 4 nitrogen and oxygen atoms in total. The average Bonchev–Trinajstić information content (AvgIpc) is 2.33. The van der Waals surface area contributed by atoms with E-state index in [1.54, 1.807) is 7.11 Å². The number of nitrogens with one attached hydrogen (secondary N) is 1. The van der Waals surface area contributed by atoms with Gasteiger partial charge in [-0.2, -0.15) is 0 Å². The van der Waals surface area contributed by atoms with E-state index >= 15 is 0 Å². The zero-order valence-electron chi connectivity index (χ0n) is 11.3. The van der Waals surface area contributed by atoms with Gasteiger partial charge in [0, 0.05) is 13.7 Å². The third-order valence-corrected chi connectivity index (χ3v) is 2.52. The molecule has 0 saturated heterocycles. The van der Waals surface area contributed by atoms with Crippen molar-refractivity contribution in [2.75, 3.05) is 33.5 Å². The molecule has 0 aliphatic heterocycles. The van der Waals surface area contributed by atoms with Crippen LogP contribution in [0.25, 0.3) is 0 Å². The number of hydrogen-bond acceptors (Lipinski definition) is 3. The Bertz CT molecular complexity index is 174. The van der Waals surface area contributed by atoms with E-state index in [9.17, 15) is 4.79 Å². The van der Waals surface area contributed by atoms with Crippen LogP contribution in [0.5, 0.6) is 0 Å². The van der Waals surface area contributed by atoms with Crippen LogP contribution in [0.4, 0.5) is 0 Å². The zero-order valence-corrected chi connectivity index (χ0v) is 11.3. The smallest absolute Gasteiger partial charge is 0.245 e. The Balaban J connectivity index is 3.11. The van der Waals surface area contributed by atoms with Gasteiger partial charge in [0.05, 0.1) is 13.2 Å². The number of carbonyl (C=O) groups is 1. The van der Waals surface area contributed by atoms with E-state index < -0.39 is 0 Å². The molecule has 0 bridgehead atoms. The first kappa shape index (κ1) is 16.4. The molecule has 4 heteroatoms. The summed E-state index contributed by atoms with van der Waals surface area (Å²) < 4.78 is 9.92. The minimum absolute atomic E-state index is 0.0327. The van der Waals surface area contributed by atoms with Crippen molar-refractivity contribution in [1.82, 2.24) is 5.32 Å². The summed E-state index contributed by atoms with van der Waals surface area (Å²) in [5.74, 6) is -0.0327. The van der Waals surface area contributed by atoms with Gasteiger partial charge in [-0.1, -0.05) is 39.0 Å². The summed E-state index contributed by atoms with van der Waals surface area (Å²) in [5.41, 5.74) is 0.